The maximum atomic E-state index is 12.1. The first-order chi connectivity index (χ1) is 15.1. The molecule has 0 unspecified atom stereocenters. The molecule has 8 heteroatoms. The van der Waals surface area contributed by atoms with E-state index in [9.17, 15) is 4.79 Å². The predicted octanol–water partition coefficient (Wildman–Crippen LogP) is 2.84. The Morgan fingerprint density at radius 1 is 1.19 bits per heavy atom. The smallest absolute Gasteiger partial charge is 0.413 e. The van der Waals surface area contributed by atoms with Crippen LogP contribution >= 0.6 is 0 Å². The number of aromatic amines is 1. The number of carbonyl (C=O) groups excluding carboxylic acids is 1. The molecule has 31 heavy (non-hydrogen) atoms. The predicted molar refractivity (Wildman–Crippen MR) is 120 cm³/mol. The van der Waals surface area contributed by atoms with Crippen molar-refractivity contribution in [1.82, 2.24) is 20.1 Å². The van der Waals surface area contributed by atoms with E-state index < -0.39 is 6.09 Å². The summed E-state index contributed by atoms with van der Waals surface area (Å²) < 4.78 is 17.0. The monoisotopic (exact) mass is 430 g/mol. The van der Waals surface area contributed by atoms with Crippen LogP contribution in [0.3, 0.4) is 0 Å². The van der Waals surface area contributed by atoms with Gasteiger partial charge in [0.2, 0.25) is 5.88 Å². The van der Waals surface area contributed by atoms with Crippen LogP contribution in [0.25, 0.3) is 10.9 Å². The van der Waals surface area contributed by atoms with Gasteiger partial charge in [-0.1, -0.05) is 0 Å². The topological polar surface area (TPSA) is 79.1 Å². The van der Waals surface area contributed by atoms with Crippen molar-refractivity contribution in [2.45, 2.75) is 38.8 Å². The summed E-state index contributed by atoms with van der Waals surface area (Å²) in [5.74, 6) is 1.29. The molecule has 1 amide bonds. The Hall–Kier alpha value is -2.29. The molecule has 2 aromatic rings. The maximum Gasteiger partial charge on any atom is 0.413 e. The Bertz CT molecular complexity index is 854. The van der Waals surface area contributed by atoms with E-state index in [1.807, 2.05) is 24.3 Å². The second kappa shape index (κ2) is 10.3. The fraction of sp³-hybridized carbons (Fsp3) is 0.609. The van der Waals surface area contributed by atoms with Gasteiger partial charge in [0, 0.05) is 62.3 Å². The Balaban J connectivity index is 1.26. The van der Waals surface area contributed by atoms with Crippen LogP contribution in [0.2, 0.25) is 0 Å². The van der Waals surface area contributed by atoms with Crippen molar-refractivity contribution in [2.24, 2.45) is 0 Å². The van der Waals surface area contributed by atoms with E-state index in [-0.39, 0.29) is 6.10 Å². The molecule has 4 rings (SSSR count). The number of rotatable bonds is 7. The van der Waals surface area contributed by atoms with Crippen LogP contribution in [0.15, 0.2) is 24.3 Å². The molecule has 170 valence electrons. The molecule has 3 heterocycles. The minimum atomic E-state index is -0.451. The number of hydrogen-bond donors (Lipinski definition) is 2. The van der Waals surface area contributed by atoms with E-state index in [0.717, 1.165) is 75.4 Å². The van der Waals surface area contributed by atoms with Gasteiger partial charge in [0.25, 0.3) is 0 Å². The molecule has 2 fully saturated rings. The zero-order valence-electron chi connectivity index (χ0n) is 18.6. The Kier molecular flexibility index (Phi) is 7.32. The molecular weight excluding hydrogens is 396 g/mol. The number of hydrogen-bond acceptors (Lipinski definition) is 6. The van der Waals surface area contributed by atoms with Crippen LogP contribution in [0.4, 0.5) is 4.79 Å². The normalized spacial score (nSPS) is 19.1. The number of fused-ring (bicyclic) bond motifs is 1. The molecule has 8 nitrogen and oxygen atoms in total. The van der Waals surface area contributed by atoms with E-state index in [4.69, 9.17) is 14.2 Å². The van der Waals surface area contributed by atoms with E-state index in [0.29, 0.717) is 18.5 Å². The summed E-state index contributed by atoms with van der Waals surface area (Å²) in [5, 5.41) is 3.77. The Morgan fingerprint density at radius 2 is 1.97 bits per heavy atom. The van der Waals surface area contributed by atoms with Crippen molar-refractivity contribution < 1.29 is 19.0 Å². The van der Waals surface area contributed by atoms with Crippen LogP contribution in [0.5, 0.6) is 11.6 Å². The molecule has 0 saturated carbocycles. The van der Waals surface area contributed by atoms with Crippen molar-refractivity contribution in [1.29, 1.82) is 0 Å². The molecule has 0 radical (unpaired) electrons. The first kappa shape index (κ1) is 21.9. The number of likely N-dealkylation sites (tertiary alicyclic amines) is 1. The number of morpholine rings is 1. The van der Waals surface area contributed by atoms with Crippen LogP contribution in [0.1, 0.15) is 26.7 Å². The van der Waals surface area contributed by atoms with Crippen LogP contribution in [-0.2, 0) is 4.74 Å². The van der Waals surface area contributed by atoms with E-state index in [1.54, 1.807) is 0 Å². The number of H-pyrrole nitrogens is 1. The maximum absolute atomic E-state index is 12.1. The third-order valence-corrected chi connectivity index (χ3v) is 6.08. The molecule has 2 aliphatic rings. The zero-order valence-corrected chi connectivity index (χ0v) is 18.6. The third-order valence-electron chi connectivity index (χ3n) is 6.08. The van der Waals surface area contributed by atoms with Crippen molar-refractivity contribution in [3.8, 4) is 11.6 Å². The summed E-state index contributed by atoms with van der Waals surface area (Å²) in [7, 11) is 0. The highest BCUT2D eigenvalue weighted by atomic mass is 16.6. The van der Waals surface area contributed by atoms with Crippen LogP contribution in [0, 0.1) is 0 Å². The summed E-state index contributed by atoms with van der Waals surface area (Å²) in [6, 6.07) is 8.37. The first-order valence-corrected chi connectivity index (χ1v) is 11.4. The lowest BCUT2D eigenvalue weighted by molar-refractivity contribution is 0.0385. The highest BCUT2D eigenvalue weighted by molar-refractivity contribution is 5.84. The van der Waals surface area contributed by atoms with Gasteiger partial charge in [-0.3, -0.25) is 4.90 Å². The summed E-state index contributed by atoms with van der Waals surface area (Å²) in [4.78, 5) is 20.0. The van der Waals surface area contributed by atoms with Gasteiger partial charge in [-0.25, -0.2) is 4.79 Å². The van der Waals surface area contributed by atoms with Gasteiger partial charge in [0.1, 0.15) is 11.9 Å². The number of ether oxygens (including phenoxy) is 3. The van der Waals surface area contributed by atoms with Crippen LogP contribution < -0.4 is 14.8 Å². The molecule has 0 atom stereocenters. The summed E-state index contributed by atoms with van der Waals surface area (Å²) in [6.45, 7) is 11.3. The van der Waals surface area contributed by atoms with Crippen molar-refractivity contribution in [3.05, 3.63) is 24.3 Å². The summed E-state index contributed by atoms with van der Waals surface area (Å²) in [5.41, 5.74) is 0.915. The SMILES string of the molecule is CC(C)N1CCC(Oc2ccc3[nH]c(OC(=O)NCCN4CCOCC4)cc3c2)CC1. The minimum Gasteiger partial charge on any atom is -0.490 e. The van der Waals surface area contributed by atoms with Crippen LogP contribution in [-0.4, -0.2) is 85.5 Å². The molecule has 1 aromatic heterocycles. The number of nitrogens with zero attached hydrogens (tertiary/aromatic N) is 2. The largest absolute Gasteiger partial charge is 0.490 e. The number of piperidine rings is 1. The quantitative estimate of drug-likeness (QED) is 0.703. The van der Waals surface area contributed by atoms with Crippen molar-refractivity contribution >= 4 is 17.0 Å². The van der Waals surface area contributed by atoms with Gasteiger partial charge in [0.15, 0.2) is 0 Å². The molecule has 2 saturated heterocycles. The average molecular weight is 431 g/mol. The zero-order chi connectivity index (χ0) is 21.6. The van der Waals surface area contributed by atoms with Crippen molar-refractivity contribution in [3.63, 3.8) is 0 Å². The van der Waals surface area contributed by atoms with E-state index in [1.165, 1.54) is 0 Å². The molecule has 0 bridgehead atoms. The second-order valence-electron chi connectivity index (χ2n) is 8.60. The first-order valence-electron chi connectivity index (χ1n) is 11.4. The highest BCUT2D eigenvalue weighted by Gasteiger charge is 2.22. The molecule has 0 spiro atoms. The van der Waals surface area contributed by atoms with E-state index >= 15 is 0 Å². The number of amides is 1. The van der Waals surface area contributed by atoms with Gasteiger partial charge in [0.05, 0.1) is 13.2 Å². The van der Waals surface area contributed by atoms with E-state index in [2.05, 4.69) is 33.9 Å². The highest BCUT2D eigenvalue weighted by Crippen LogP contribution is 2.27. The molecule has 2 aliphatic heterocycles. The van der Waals surface area contributed by atoms with Gasteiger partial charge in [-0.15, -0.1) is 0 Å². The van der Waals surface area contributed by atoms with Gasteiger partial charge in [-0.05, 0) is 44.9 Å². The summed E-state index contributed by atoms with van der Waals surface area (Å²) in [6.07, 6.45) is 1.89. The molecule has 1 aromatic carbocycles. The lowest BCUT2D eigenvalue weighted by atomic mass is 10.1. The Morgan fingerprint density at radius 3 is 2.71 bits per heavy atom. The lowest BCUT2D eigenvalue weighted by Gasteiger charge is -2.34. The number of nitrogens with one attached hydrogen (secondary N) is 2. The van der Waals surface area contributed by atoms with Gasteiger partial charge >= 0.3 is 6.09 Å². The van der Waals surface area contributed by atoms with Gasteiger partial charge in [-0.2, -0.15) is 0 Å². The van der Waals surface area contributed by atoms with Crippen molar-refractivity contribution in [2.75, 3.05) is 52.5 Å². The number of benzene rings is 1. The molecular formula is C23H34N4O4. The van der Waals surface area contributed by atoms with Gasteiger partial charge < -0.3 is 29.4 Å². The Labute approximate surface area is 183 Å². The number of carbonyl (C=O) groups is 1. The second-order valence-corrected chi connectivity index (χ2v) is 8.60. The minimum absolute atomic E-state index is 0.249. The average Bonchev–Trinajstić information content (AvgIpc) is 3.16. The molecule has 0 aliphatic carbocycles. The molecule has 2 N–H and O–H groups in total. The fourth-order valence-electron chi connectivity index (χ4n) is 4.19. The standard InChI is InChI=1S/C23H34N4O4/c1-17(2)27-8-5-19(6-9-27)30-20-3-4-21-18(15-20)16-22(25-21)31-23(28)24-7-10-26-11-13-29-14-12-26/h3-4,15-17,19,25H,5-14H2,1-2H3,(H,24,28). The lowest BCUT2D eigenvalue weighted by Crippen LogP contribution is -2.41. The number of aromatic nitrogens is 1. The fourth-order valence-corrected chi connectivity index (χ4v) is 4.19. The third kappa shape index (κ3) is 6.12. The summed E-state index contributed by atoms with van der Waals surface area (Å²) >= 11 is 0.